The Morgan fingerprint density at radius 1 is 1.22 bits per heavy atom. The first-order valence-electron chi connectivity index (χ1n) is 6.35. The van der Waals surface area contributed by atoms with Crippen LogP contribution in [0.15, 0.2) is 22.7 Å². The van der Waals surface area contributed by atoms with Crippen LogP contribution < -0.4 is 10.5 Å². The van der Waals surface area contributed by atoms with Gasteiger partial charge in [0.2, 0.25) is 0 Å². The lowest BCUT2D eigenvalue weighted by Gasteiger charge is -2.30. The number of hydrogen-bond donors (Lipinski definition) is 1. The molecule has 0 aromatic heterocycles. The predicted molar refractivity (Wildman–Crippen MR) is 81.0 cm³/mol. The minimum Gasteiger partial charge on any atom is -0.491 e. The third-order valence-corrected chi connectivity index (χ3v) is 3.51. The molecule has 0 radical (unpaired) electrons. The molecule has 1 aromatic rings. The molecule has 4 heteroatoms. The molecular weight excluding hydrogens is 292 g/mol. The van der Waals surface area contributed by atoms with E-state index in [0.29, 0.717) is 18.7 Å². The highest BCUT2D eigenvalue weighted by Gasteiger charge is 2.13. The predicted octanol–water partition coefficient (Wildman–Crippen LogP) is 3.53. The zero-order valence-electron chi connectivity index (χ0n) is 11.6. The number of anilines is 1. The lowest BCUT2D eigenvalue weighted by Crippen LogP contribution is -2.39. The Morgan fingerprint density at radius 3 is 2.33 bits per heavy atom. The van der Waals surface area contributed by atoms with Crippen LogP contribution in [-0.2, 0) is 0 Å². The number of ether oxygens (including phenoxy) is 1. The molecule has 0 aliphatic rings. The largest absolute Gasteiger partial charge is 0.491 e. The van der Waals surface area contributed by atoms with E-state index < -0.39 is 0 Å². The van der Waals surface area contributed by atoms with Gasteiger partial charge in [-0.25, -0.2) is 0 Å². The molecule has 2 N–H and O–H groups in total. The first-order valence-corrected chi connectivity index (χ1v) is 7.14. The topological polar surface area (TPSA) is 38.5 Å². The minimum absolute atomic E-state index is 0.531. The summed E-state index contributed by atoms with van der Waals surface area (Å²) in [6, 6.07) is 6.67. The Labute approximate surface area is 118 Å². The molecule has 0 saturated heterocycles. The monoisotopic (exact) mass is 314 g/mol. The molecule has 1 rings (SSSR count). The molecule has 0 fully saturated rings. The van der Waals surface area contributed by atoms with E-state index in [1.165, 1.54) is 0 Å². The molecule has 0 amide bonds. The molecular formula is C14H23BrN2O. The van der Waals surface area contributed by atoms with Crippen LogP contribution in [0.2, 0.25) is 0 Å². The van der Waals surface area contributed by atoms with Crippen LogP contribution in [0.25, 0.3) is 0 Å². The van der Waals surface area contributed by atoms with Crippen LogP contribution >= 0.6 is 15.9 Å². The minimum atomic E-state index is 0.531. The molecule has 3 nitrogen and oxygen atoms in total. The summed E-state index contributed by atoms with van der Waals surface area (Å²) in [6.45, 7) is 10.4. The van der Waals surface area contributed by atoms with Crippen molar-refractivity contribution < 1.29 is 4.74 Å². The smallest absolute Gasteiger partial charge is 0.133 e. The summed E-state index contributed by atoms with van der Waals surface area (Å²) in [4.78, 5) is 2.41. The third kappa shape index (κ3) is 4.50. The van der Waals surface area contributed by atoms with Crippen LogP contribution in [0, 0.1) is 0 Å². The van der Waals surface area contributed by atoms with E-state index in [1.807, 2.05) is 18.2 Å². The molecule has 0 spiro atoms. The summed E-state index contributed by atoms with van der Waals surface area (Å²) in [5.41, 5.74) is 6.43. The van der Waals surface area contributed by atoms with Gasteiger partial charge < -0.3 is 10.5 Å². The second kappa shape index (κ2) is 7.00. The lowest BCUT2D eigenvalue weighted by molar-refractivity contribution is 0.141. The fourth-order valence-electron chi connectivity index (χ4n) is 2.01. The van der Waals surface area contributed by atoms with Crippen LogP contribution in [0.5, 0.6) is 5.75 Å². The second-order valence-electron chi connectivity index (χ2n) is 4.96. The molecule has 102 valence electrons. The highest BCUT2D eigenvalue weighted by atomic mass is 79.9. The van der Waals surface area contributed by atoms with Crippen molar-refractivity contribution in [3.63, 3.8) is 0 Å². The quantitative estimate of drug-likeness (QED) is 0.816. The summed E-state index contributed by atoms with van der Waals surface area (Å²) in [5.74, 6) is 0.844. The van der Waals surface area contributed by atoms with Crippen LogP contribution in [0.1, 0.15) is 27.7 Å². The van der Waals surface area contributed by atoms with E-state index in [-0.39, 0.29) is 0 Å². The summed E-state index contributed by atoms with van der Waals surface area (Å²) in [5, 5.41) is 0. The van der Waals surface area contributed by atoms with Crippen molar-refractivity contribution in [3.8, 4) is 5.75 Å². The first kappa shape index (κ1) is 15.3. The molecule has 0 bridgehead atoms. The van der Waals surface area contributed by atoms with Gasteiger partial charge in [0.1, 0.15) is 12.4 Å². The van der Waals surface area contributed by atoms with E-state index in [0.717, 1.165) is 22.5 Å². The normalized spacial score (nSPS) is 11.6. The van der Waals surface area contributed by atoms with Crippen molar-refractivity contribution in [3.05, 3.63) is 22.7 Å². The Bertz CT molecular complexity index is 372. The van der Waals surface area contributed by atoms with Crippen molar-refractivity contribution >= 4 is 21.6 Å². The number of nitrogens with zero attached hydrogens (tertiary/aromatic N) is 1. The zero-order valence-corrected chi connectivity index (χ0v) is 13.2. The highest BCUT2D eigenvalue weighted by molar-refractivity contribution is 9.10. The molecule has 1 aromatic carbocycles. The van der Waals surface area contributed by atoms with Gasteiger partial charge in [-0.2, -0.15) is 0 Å². The molecule has 18 heavy (non-hydrogen) atoms. The van der Waals surface area contributed by atoms with Crippen molar-refractivity contribution in [2.45, 2.75) is 39.8 Å². The first-order chi connectivity index (χ1) is 8.41. The number of nitrogens with two attached hydrogens (primary N) is 1. The number of halogens is 1. The van der Waals surface area contributed by atoms with Gasteiger partial charge in [-0.15, -0.1) is 0 Å². The third-order valence-electron chi connectivity index (χ3n) is 2.89. The van der Waals surface area contributed by atoms with Crippen LogP contribution in [-0.4, -0.2) is 30.1 Å². The summed E-state index contributed by atoms with van der Waals surface area (Å²) in [7, 11) is 0. The fraction of sp³-hybridized carbons (Fsp3) is 0.571. The average molecular weight is 315 g/mol. The maximum Gasteiger partial charge on any atom is 0.133 e. The van der Waals surface area contributed by atoms with E-state index >= 15 is 0 Å². The lowest BCUT2D eigenvalue weighted by atomic mass is 10.2. The van der Waals surface area contributed by atoms with Crippen molar-refractivity contribution in [1.29, 1.82) is 0 Å². The standard InChI is InChI=1S/C14H23BrN2O/c1-10(2)17(11(3)4)7-8-18-14-6-5-12(16)9-13(14)15/h5-6,9-11H,7-8,16H2,1-4H3. The van der Waals surface area contributed by atoms with Gasteiger partial charge in [0.15, 0.2) is 0 Å². The summed E-state index contributed by atoms with van der Waals surface area (Å²) >= 11 is 3.45. The van der Waals surface area contributed by atoms with Gasteiger partial charge in [-0.1, -0.05) is 0 Å². The van der Waals surface area contributed by atoms with Gasteiger partial charge in [0.25, 0.3) is 0 Å². The maximum absolute atomic E-state index is 5.78. The van der Waals surface area contributed by atoms with Crippen molar-refractivity contribution in [2.75, 3.05) is 18.9 Å². The molecule has 0 unspecified atom stereocenters. The summed E-state index contributed by atoms with van der Waals surface area (Å²) < 4.78 is 6.68. The second-order valence-corrected chi connectivity index (χ2v) is 5.82. The van der Waals surface area contributed by atoms with Crippen molar-refractivity contribution in [1.82, 2.24) is 4.90 Å². The van der Waals surface area contributed by atoms with E-state index in [4.69, 9.17) is 10.5 Å². The highest BCUT2D eigenvalue weighted by Crippen LogP contribution is 2.26. The van der Waals surface area contributed by atoms with E-state index in [1.54, 1.807) is 0 Å². The van der Waals surface area contributed by atoms with Gasteiger partial charge in [0.05, 0.1) is 4.47 Å². The SMILES string of the molecule is CC(C)N(CCOc1ccc(N)cc1Br)C(C)C. The maximum atomic E-state index is 5.78. The Hall–Kier alpha value is -0.740. The number of rotatable bonds is 6. The van der Waals surface area contributed by atoms with Crippen molar-refractivity contribution in [2.24, 2.45) is 0 Å². The Kier molecular flexibility index (Phi) is 5.96. The fourth-order valence-corrected chi connectivity index (χ4v) is 2.52. The molecule has 0 atom stereocenters. The van der Waals surface area contributed by atoms with Gasteiger partial charge in [0, 0.05) is 24.3 Å². The average Bonchev–Trinajstić information content (AvgIpc) is 2.25. The molecule has 0 aliphatic carbocycles. The van der Waals surface area contributed by atoms with E-state index in [9.17, 15) is 0 Å². The molecule has 0 aliphatic heterocycles. The van der Waals surface area contributed by atoms with E-state index in [2.05, 4.69) is 48.5 Å². The number of nitrogen functional groups attached to an aromatic ring is 1. The van der Waals surface area contributed by atoms with Gasteiger partial charge >= 0.3 is 0 Å². The Morgan fingerprint density at radius 2 is 1.83 bits per heavy atom. The number of hydrogen-bond acceptors (Lipinski definition) is 3. The van der Waals surface area contributed by atoms with Crippen LogP contribution in [0.4, 0.5) is 5.69 Å². The van der Waals surface area contributed by atoms with Crippen LogP contribution in [0.3, 0.4) is 0 Å². The molecule has 0 heterocycles. The Balaban J connectivity index is 2.50. The zero-order chi connectivity index (χ0) is 13.7. The summed E-state index contributed by atoms with van der Waals surface area (Å²) in [6.07, 6.45) is 0. The van der Waals surface area contributed by atoms with Gasteiger partial charge in [-0.3, -0.25) is 4.90 Å². The molecule has 0 saturated carbocycles. The van der Waals surface area contributed by atoms with Gasteiger partial charge in [-0.05, 0) is 61.8 Å². The number of benzene rings is 1.